The quantitative estimate of drug-likeness (QED) is 0.666. The van der Waals surface area contributed by atoms with E-state index in [1.165, 1.54) is 18.7 Å². The van der Waals surface area contributed by atoms with Crippen molar-refractivity contribution in [1.82, 2.24) is 15.1 Å². The Balaban J connectivity index is 1.90. The van der Waals surface area contributed by atoms with Gasteiger partial charge in [-0.1, -0.05) is 29.8 Å². The van der Waals surface area contributed by atoms with Crippen LogP contribution in [0.15, 0.2) is 36.0 Å². The van der Waals surface area contributed by atoms with Gasteiger partial charge in [-0.05, 0) is 12.5 Å². The first-order chi connectivity index (χ1) is 11.5. The number of amides is 2. The van der Waals surface area contributed by atoms with E-state index in [1.807, 2.05) is 37.3 Å². The molecule has 24 heavy (non-hydrogen) atoms. The van der Waals surface area contributed by atoms with Crippen molar-refractivity contribution in [2.45, 2.75) is 20.4 Å². The van der Waals surface area contributed by atoms with E-state index in [1.54, 1.807) is 9.80 Å². The van der Waals surface area contributed by atoms with Crippen molar-refractivity contribution in [2.24, 2.45) is 0 Å². The monoisotopic (exact) mass is 326 g/mol. The van der Waals surface area contributed by atoms with Crippen LogP contribution < -0.4 is 5.32 Å². The van der Waals surface area contributed by atoms with E-state index in [4.69, 9.17) is 0 Å². The first-order valence-electron chi connectivity index (χ1n) is 7.95. The molecule has 1 N–H and O–H groups in total. The number of benzene rings is 1. The van der Waals surface area contributed by atoms with Gasteiger partial charge in [0.1, 0.15) is 11.6 Å². The third-order valence-corrected chi connectivity index (χ3v) is 4.04. The number of nitrogens with one attached hydrogen (secondary N) is 1. The Kier molecular flexibility index (Phi) is 5.96. The SMILES string of the molecule is CC(=O)N1CCN(C(=O)/C(C#N)=C\NCc2ccc(C)cc2)CC1. The summed E-state index contributed by atoms with van der Waals surface area (Å²) in [5.41, 5.74) is 2.35. The summed E-state index contributed by atoms with van der Waals surface area (Å²) in [6.45, 7) is 6.03. The van der Waals surface area contributed by atoms with Crippen LogP contribution in [0, 0.1) is 18.3 Å². The molecule has 0 atom stereocenters. The zero-order chi connectivity index (χ0) is 17.5. The summed E-state index contributed by atoms with van der Waals surface area (Å²) in [7, 11) is 0. The maximum absolute atomic E-state index is 12.4. The van der Waals surface area contributed by atoms with Crippen LogP contribution in [0.1, 0.15) is 18.1 Å². The molecule has 126 valence electrons. The molecule has 1 aliphatic heterocycles. The molecule has 0 spiro atoms. The smallest absolute Gasteiger partial charge is 0.266 e. The van der Waals surface area contributed by atoms with Gasteiger partial charge in [-0.3, -0.25) is 9.59 Å². The molecule has 1 saturated heterocycles. The number of piperazine rings is 1. The minimum Gasteiger partial charge on any atom is -0.386 e. The van der Waals surface area contributed by atoms with Gasteiger partial charge in [0.15, 0.2) is 0 Å². The number of hydrogen-bond acceptors (Lipinski definition) is 4. The van der Waals surface area contributed by atoms with Gasteiger partial charge in [-0.15, -0.1) is 0 Å². The molecule has 0 unspecified atom stereocenters. The van der Waals surface area contributed by atoms with E-state index < -0.39 is 0 Å². The van der Waals surface area contributed by atoms with Crippen molar-refractivity contribution in [3.8, 4) is 6.07 Å². The summed E-state index contributed by atoms with van der Waals surface area (Å²) < 4.78 is 0. The van der Waals surface area contributed by atoms with Crippen LogP contribution in [0.2, 0.25) is 0 Å². The summed E-state index contributed by atoms with van der Waals surface area (Å²) >= 11 is 0. The predicted molar refractivity (Wildman–Crippen MR) is 90.5 cm³/mol. The summed E-state index contributed by atoms with van der Waals surface area (Å²) in [5, 5.41) is 12.3. The second kappa shape index (κ2) is 8.16. The highest BCUT2D eigenvalue weighted by Gasteiger charge is 2.24. The lowest BCUT2D eigenvalue weighted by molar-refractivity contribution is -0.136. The molecule has 1 aliphatic rings. The van der Waals surface area contributed by atoms with Gasteiger partial charge < -0.3 is 15.1 Å². The molecular weight excluding hydrogens is 304 g/mol. The fourth-order valence-corrected chi connectivity index (χ4v) is 2.51. The Bertz CT molecular complexity index is 665. The van der Waals surface area contributed by atoms with Gasteiger partial charge in [-0.2, -0.15) is 5.26 Å². The molecule has 1 aromatic rings. The fraction of sp³-hybridized carbons (Fsp3) is 0.389. The lowest BCUT2D eigenvalue weighted by Crippen LogP contribution is -2.50. The molecule has 1 fully saturated rings. The fourth-order valence-electron chi connectivity index (χ4n) is 2.51. The highest BCUT2D eigenvalue weighted by molar-refractivity contribution is 5.97. The van der Waals surface area contributed by atoms with E-state index in [9.17, 15) is 14.9 Å². The van der Waals surface area contributed by atoms with Crippen molar-refractivity contribution in [3.63, 3.8) is 0 Å². The first kappa shape index (κ1) is 17.5. The van der Waals surface area contributed by atoms with Crippen LogP contribution in [0.25, 0.3) is 0 Å². The molecule has 1 heterocycles. The molecule has 1 aromatic carbocycles. The maximum Gasteiger partial charge on any atom is 0.266 e. The number of carbonyl (C=O) groups excluding carboxylic acids is 2. The van der Waals surface area contributed by atoms with Crippen molar-refractivity contribution in [1.29, 1.82) is 5.26 Å². The Morgan fingerprint density at radius 3 is 2.29 bits per heavy atom. The Morgan fingerprint density at radius 2 is 1.75 bits per heavy atom. The molecule has 0 radical (unpaired) electrons. The molecule has 0 aliphatic carbocycles. The zero-order valence-electron chi connectivity index (χ0n) is 14.1. The molecule has 2 amide bonds. The average Bonchev–Trinajstić information content (AvgIpc) is 2.60. The van der Waals surface area contributed by atoms with Crippen LogP contribution in [-0.2, 0) is 16.1 Å². The largest absolute Gasteiger partial charge is 0.386 e. The van der Waals surface area contributed by atoms with Crippen LogP contribution in [0.5, 0.6) is 0 Å². The highest BCUT2D eigenvalue weighted by Crippen LogP contribution is 2.07. The maximum atomic E-state index is 12.4. The van der Waals surface area contributed by atoms with Gasteiger partial charge in [0.05, 0.1) is 0 Å². The van der Waals surface area contributed by atoms with Gasteiger partial charge in [0.25, 0.3) is 5.91 Å². The van der Waals surface area contributed by atoms with Crippen molar-refractivity contribution < 1.29 is 9.59 Å². The summed E-state index contributed by atoms with van der Waals surface area (Å²) in [5.74, 6) is -0.282. The van der Waals surface area contributed by atoms with Gasteiger partial charge in [0, 0.05) is 45.8 Å². The lowest BCUT2D eigenvalue weighted by Gasteiger charge is -2.34. The van der Waals surface area contributed by atoms with Crippen molar-refractivity contribution in [3.05, 3.63) is 47.2 Å². The van der Waals surface area contributed by atoms with Crippen LogP contribution in [0.3, 0.4) is 0 Å². The molecule has 0 saturated carbocycles. The molecule has 6 nitrogen and oxygen atoms in total. The lowest BCUT2D eigenvalue weighted by atomic mass is 10.1. The minimum atomic E-state index is -0.294. The third-order valence-electron chi connectivity index (χ3n) is 4.04. The molecule has 2 rings (SSSR count). The molecular formula is C18H22N4O2. The number of nitrogens with zero attached hydrogens (tertiary/aromatic N) is 3. The van der Waals surface area contributed by atoms with Crippen LogP contribution in [0.4, 0.5) is 0 Å². The average molecular weight is 326 g/mol. The molecule has 0 aromatic heterocycles. The predicted octanol–water partition coefficient (Wildman–Crippen LogP) is 1.18. The van der Waals surface area contributed by atoms with E-state index in [-0.39, 0.29) is 17.4 Å². The van der Waals surface area contributed by atoms with E-state index >= 15 is 0 Å². The summed E-state index contributed by atoms with van der Waals surface area (Å²) in [4.78, 5) is 27.0. The number of hydrogen-bond donors (Lipinski definition) is 1. The Hall–Kier alpha value is -2.81. The summed E-state index contributed by atoms with van der Waals surface area (Å²) in [6, 6.07) is 10.0. The summed E-state index contributed by atoms with van der Waals surface area (Å²) in [6.07, 6.45) is 1.47. The van der Waals surface area contributed by atoms with Gasteiger partial charge in [-0.25, -0.2) is 0 Å². The topological polar surface area (TPSA) is 76.4 Å². The third kappa shape index (κ3) is 4.59. The van der Waals surface area contributed by atoms with Crippen LogP contribution in [-0.4, -0.2) is 47.8 Å². The van der Waals surface area contributed by atoms with E-state index in [2.05, 4.69) is 5.32 Å². The minimum absolute atomic E-state index is 0.0120. The van der Waals surface area contributed by atoms with Crippen LogP contribution >= 0.6 is 0 Å². The number of aryl methyl sites for hydroxylation is 1. The Labute approximate surface area is 142 Å². The standard InChI is InChI=1S/C18H22N4O2/c1-14-3-5-16(6-4-14)12-20-13-17(11-19)18(24)22-9-7-21(8-10-22)15(2)23/h3-6,13,20H,7-10,12H2,1-2H3/b17-13-. The van der Waals surface area contributed by atoms with Gasteiger partial charge in [0.2, 0.25) is 5.91 Å². The van der Waals surface area contributed by atoms with Gasteiger partial charge >= 0.3 is 0 Å². The second-order valence-electron chi connectivity index (χ2n) is 5.83. The van der Waals surface area contributed by atoms with Crippen molar-refractivity contribution >= 4 is 11.8 Å². The van der Waals surface area contributed by atoms with Crippen molar-refractivity contribution in [2.75, 3.05) is 26.2 Å². The second-order valence-corrected chi connectivity index (χ2v) is 5.83. The van der Waals surface area contributed by atoms with E-state index in [0.29, 0.717) is 32.7 Å². The number of rotatable bonds is 4. The normalized spacial score (nSPS) is 15.0. The highest BCUT2D eigenvalue weighted by atomic mass is 16.2. The zero-order valence-corrected chi connectivity index (χ0v) is 14.1. The van der Waals surface area contributed by atoms with E-state index in [0.717, 1.165) is 5.56 Å². The first-order valence-corrected chi connectivity index (χ1v) is 7.95. The Morgan fingerprint density at radius 1 is 1.17 bits per heavy atom. The number of nitriles is 1. The number of carbonyl (C=O) groups is 2. The molecule has 6 heteroatoms. The molecule has 0 bridgehead atoms.